The Balaban J connectivity index is 2.41. The van der Waals surface area contributed by atoms with E-state index in [1.807, 2.05) is 0 Å². The molecule has 10 nitrogen and oxygen atoms in total. The smallest absolute Gasteiger partial charge is 0.408 e. The summed E-state index contributed by atoms with van der Waals surface area (Å²) in [5.74, 6) is -0.908. The van der Waals surface area contributed by atoms with Crippen LogP contribution >= 0.6 is 0 Å². The van der Waals surface area contributed by atoms with Crippen LogP contribution in [-0.4, -0.2) is 42.0 Å². The summed E-state index contributed by atoms with van der Waals surface area (Å²) in [6.45, 7) is 1.87. The highest BCUT2D eigenvalue weighted by atomic mass is 16.6. The SMILES string of the molecule is CCOC(=O)c1cn(-c2c([N+](=O)[O-])ncn2C)nn1. The second kappa shape index (κ2) is 4.84. The Kier molecular flexibility index (Phi) is 3.23. The maximum Gasteiger partial charge on any atom is 0.408 e. The minimum atomic E-state index is -0.640. The number of nitrogens with zero attached hydrogens (tertiary/aromatic N) is 6. The number of ether oxygens (including phenoxy) is 1. The number of aryl methyl sites for hydroxylation is 1. The van der Waals surface area contributed by atoms with Crippen LogP contribution in [0.15, 0.2) is 12.5 Å². The molecule has 2 heterocycles. The van der Waals surface area contributed by atoms with Gasteiger partial charge in [0, 0.05) is 7.05 Å². The van der Waals surface area contributed by atoms with Crippen LogP contribution in [0.5, 0.6) is 0 Å². The van der Waals surface area contributed by atoms with E-state index in [0.717, 1.165) is 4.68 Å². The number of rotatable bonds is 4. The highest BCUT2D eigenvalue weighted by Gasteiger charge is 2.24. The summed E-state index contributed by atoms with van der Waals surface area (Å²) < 4.78 is 7.27. The van der Waals surface area contributed by atoms with Gasteiger partial charge >= 0.3 is 11.8 Å². The van der Waals surface area contributed by atoms with Crippen LogP contribution in [0.25, 0.3) is 5.82 Å². The van der Waals surface area contributed by atoms with E-state index >= 15 is 0 Å². The Morgan fingerprint density at radius 1 is 1.58 bits per heavy atom. The molecule has 0 unspecified atom stereocenters. The number of esters is 1. The minimum Gasteiger partial charge on any atom is -0.461 e. The third-order valence-corrected chi connectivity index (χ3v) is 2.26. The lowest BCUT2D eigenvalue weighted by atomic mass is 10.5. The fourth-order valence-corrected chi connectivity index (χ4v) is 1.47. The van der Waals surface area contributed by atoms with Crippen LogP contribution < -0.4 is 0 Å². The normalized spacial score (nSPS) is 10.4. The lowest BCUT2D eigenvalue weighted by molar-refractivity contribution is -0.389. The molecule has 0 atom stereocenters. The Morgan fingerprint density at radius 3 is 2.95 bits per heavy atom. The van der Waals surface area contributed by atoms with Gasteiger partial charge in [-0.25, -0.2) is 4.79 Å². The molecular formula is C9H10N6O4. The lowest BCUT2D eigenvalue weighted by Crippen LogP contribution is -2.06. The van der Waals surface area contributed by atoms with E-state index in [1.165, 1.54) is 17.1 Å². The molecule has 0 radical (unpaired) electrons. The topological polar surface area (TPSA) is 118 Å². The third-order valence-electron chi connectivity index (χ3n) is 2.26. The fraction of sp³-hybridized carbons (Fsp3) is 0.333. The zero-order chi connectivity index (χ0) is 14.0. The average molecular weight is 266 g/mol. The van der Waals surface area contributed by atoms with Crippen molar-refractivity contribution in [2.24, 2.45) is 7.05 Å². The van der Waals surface area contributed by atoms with Crippen molar-refractivity contribution >= 4 is 11.8 Å². The molecular weight excluding hydrogens is 256 g/mol. The van der Waals surface area contributed by atoms with Crippen molar-refractivity contribution < 1.29 is 14.5 Å². The van der Waals surface area contributed by atoms with Gasteiger partial charge in [-0.1, -0.05) is 5.21 Å². The number of nitro groups is 1. The second-order valence-corrected chi connectivity index (χ2v) is 3.53. The van der Waals surface area contributed by atoms with Crippen molar-refractivity contribution in [3.8, 4) is 5.82 Å². The number of aromatic nitrogens is 5. The molecule has 0 spiro atoms. The largest absolute Gasteiger partial charge is 0.461 e. The van der Waals surface area contributed by atoms with Gasteiger partial charge in [-0.2, -0.15) is 4.68 Å². The highest BCUT2D eigenvalue weighted by Crippen LogP contribution is 2.19. The monoisotopic (exact) mass is 266 g/mol. The quantitative estimate of drug-likeness (QED) is 0.437. The molecule has 100 valence electrons. The van der Waals surface area contributed by atoms with Gasteiger partial charge in [-0.3, -0.25) is 4.57 Å². The second-order valence-electron chi connectivity index (χ2n) is 3.53. The average Bonchev–Trinajstić information content (AvgIpc) is 2.95. The molecule has 2 rings (SSSR count). The van der Waals surface area contributed by atoms with Crippen LogP contribution in [-0.2, 0) is 11.8 Å². The number of carbonyl (C=O) groups excluding carboxylic acids is 1. The molecule has 19 heavy (non-hydrogen) atoms. The van der Waals surface area contributed by atoms with Crippen molar-refractivity contribution in [1.82, 2.24) is 24.5 Å². The van der Waals surface area contributed by atoms with Crippen molar-refractivity contribution in [3.63, 3.8) is 0 Å². The summed E-state index contributed by atoms with van der Waals surface area (Å²) in [5.41, 5.74) is -0.0302. The summed E-state index contributed by atoms with van der Waals surface area (Å²) in [5, 5.41) is 18.1. The van der Waals surface area contributed by atoms with E-state index in [-0.39, 0.29) is 23.9 Å². The van der Waals surface area contributed by atoms with Gasteiger partial charge in [0.2, 0.25) is 12.1 Å². The molecule has 0 saturated carbocycles. The molecule has 0 aromatic carbocycles. The number of hydrogen-bond acceptors (Lipinski definition) is 7. The zero-order valence-corrected chi connectivity index (χ0v) is 10.2. The first-order valence-electron chi connectivity index (χ1n) is 5.30. The molecule has 0 N–H and O–H groups in total. The molecule has 0 amide bonds. The number of carbonyl (C=O) groups is 1. The summed E-state index contributed by atoms with van der Waals surface area (Å²) in [6, 6.07) is 0. The summed E-state index contributed by atoms with van der Waals surface area (Å²) in [4.78, 5) is 25.3. The maximum absolute atomic E-state index is 11.4. The van der Waals surface area contributed by atoms with Crippen molar-refractivity contribution in [1.29, 1.82) is 0 Å². The summed E-state index contributed by atoms with van der Waals surface area (Å²) >= 11 is 0. The molecule has 2 aromatic heterocycles. The van der Waals surface area contributed by atoms with Crippen molar-refractivity contribution in [2.75, 3.05) is 6.61 Å². The zero-order valence-electron chi connectivity index (χ0n) is 10.2. The van der Waals surface area contributed by atoms with Crippen LogP contribution in [0.3, 0.4) is 0 Å². The lowest BCUT2D eigenvalue weighted by Gasteiger charge is -1.99. The predicted octanol–water partition coefficient (Wildman–Crippen LogP) is 0.0857. The molecule has 0 saturated heterocycles. The fourth-order valence-electron chi connectivity index (χ4n) is 1.47. The molecule has 2 aromatic rings. The first-order valence-corrected chi connectivity index (χ1v) is 5.30. The minimum absolute atomic E-state index is 0.0302. The van der Waals surface area contributed by atoms with E-state index in [1.54, 1.807) is 14.0 Å². The number of hydrogen-bond donors (Lipinski definition) is 0. The van der Waals surface area contributed by atoms with E-state index in [2.05, 4.69) is 15.3 Å². The van der Waals surface area contributed by atoms with Gasteiger partial charge in [-0.15, -0.1) is 5.10 Å². The Labute approximate surface area is 106 Å². The Hall–Kier alpha value is -2.78. The molecule has 10 heteroatoms. The van der Waals surface area contributed by atoms with E-state index in [4.69, 9.17) is 4.74 Å². The molecule has 0 aliphatic rings. The van der Waals surface area contributed by atoms with Crippen LogP contribution in [0, 0.1) is 10.1 Å². The summed E-state index contributed by atoms with van der Waals surface area (Å²) in [7, 11) is 1.57. The molecule has 0 fully saturated rings. The van der Waals surface area contributed by atoms with Crippen molar-refractivity contribution in [2.45, 2.75) is 6.92 Å². The number of imidazole rings is 1. The molecule has 0 bridgehead atoms. The van der Waals surface area contributed by atoms with Gasteiger partial charge < -0.3 is 14.9 Å². The van der Waals surface area contributed by atoms with Gasteiger partial charge in [0.05, 0.1) is 12.8 Å². The van der Waals surface area contributed by atoms with Gasteiger partial charge in [-0.05, 0) is 16.8 Å². The Bertz CT molecular complexity index is 630. The summed E-state index contributed by atoms with van der Waals surface area (Å²) in [6.07, 6.45) is 2.53. The maximum atomic E-state index is 11.4. The predicted molar refractivity (Wildman–Crippen MR) is 60.7 cm³/mol. The highest BCUT2D eigenvalue weighted by molar-refractivity contribution is 5.86. The van der Waals surface area contributed by atoms with Gasteiger partial charge in [0.15, 0.2) is 5.69 Å². The molecule has 0 aliphatic heterocycles. The van der Waals surface area contributed by atoms with E-state index in [0.29, 0.717) is 0 Å². The van der Waals surface area contributed by atoms with Gasteiger partial charge in [0.25, 0.3) is 0 Å². The van der Waals surface area contributed by atoms with E-state index < -0.39 is 10.9 Å². The molecule has 0 aliphatic carbocycles. The van der Waals surface area contributed by atoms with Crippen LogP contribution in [0.2, 0.25) is 0 Å². The van der Waals surface area contributed by atoms with E-state index in [9.17, 15) is 14.9 Å². The van der Waals surface area contributed by atoms with Gasteiger partial charge in [0.1, 0.15) is 0 Å². The Morgan fingerprint density at radius 2 is 2.32 bits per heavy atom. The van der Waals surface area contributed by atoms with Crippen LogP contribution in [0.1, 0.15) is 17.4 Å². The first-order chi connectivity index (χ1) is 9.04. The third kappa shape index (κ3) is 2.27. The standard InChI is InChI=1S/C9H10N6O4/c1-3-19-9(16)6-4-14(12-11-6)8-7(15(17)18)10-5-13(8)2/h4-5H,3H2,1-2H3. The van der Waals surface area contributed by atoms with Crippen LogP contribution in [0.4, 0.5) is 5.82 Å². The first kappa shape index (κ1) is 12.7. The van der Waals surface area contributed by atoms with Crippen molar-refractivity contribution in [3.05, 3.63) is 28.3 Å².